The van der Waals surface area contributed by atoms with E-state index < -0.39 is 10.9 Å². The highest BCUT2D eigenvalue weighted by Crippen LogP contribution is 2.19. The fourth-order valence-corrected chi connectivity index (χ4v) is 3.91. The molecular weight excluding hydrogens is 342 g/mol. The number of thiol groups is 1. The van der Waals surface area contributed by atoms with Gasteiger partial charge in [0, 0.05) is 50.1 Å². The molecule has 2 fully saturated rings. The van der Waals surface area contributed by atoms with Crippen molar-refractivity contribution in [3.63, 3.8) is 0 Å². The maximum absolute atomic E-state index is 12.7. The summed E-state index contributed by atoms with van der Waals surface area (Å²) < 4.78 is 29.1. The van der Waals surface area contributed by atoms with Crippen LogP contribution in [0.4, 0.5) is 5.69 Å². The first-order valence-corrected chi connectivity index (χ1v) is 9.83. The Morgan fingerprint density at radius 1 is 1.28 bits per heavy atom. The molecule has 0 aromatic heterocycles. The third-order valence-corrected chi connectivity index (χ3v) is 5.31. The van der Waals surface area contributed by atoms with Gasteiger partial charge < -0.3 is 9.64 Å². The van der Waals surface area contributed by atoms with Crippen molar-refractivity contribution in [3.05, 3.63) is 29.8 Å². The molecule has 138 valence electrons. The van der Waals surface area contributed by atoms with Crippen LogP contribution in [0.2, 0.25) is 0 Å². The van der Waals surface area contributed by atoms with Gasteiger partial charge in [0.25, 0.3) is 5.91 Å². The Labute approximate surface area is 150 Å². The van der Waals surface area contributed by atoms with Crippen LogP contribution in [0.5, 0.6) is 0 Å². The molecule has 1 amide bonds. The Balaban J connectivity index is 1.57. The Morgan fingerprint density at radius 3 is 2.64 bits per heavy atom. The molecule has 8 heteroatoms. The van der Waals surface area contributed by atoms with Crippen molar-refractivity contribution in [1.29, 1.82) is 0 Å². The second-order valence-corrected chi connectivity index (χ2v) is 7.52. The molecule has 0 radical (unpaired) electrons. The minimum atomic E-state index is -2.69. The van der Waals surface area contributed by atoms with Gasteiger partial charge in [0.2, 0.25) is 10.9 Å². The zero-order valence-corrected chi connectivity index (χ0v) is 15.3. The molecule has 1 N–H and O–H groups in total. The van der Waals surface area contributed by atoms with Crippen LogP contribution in [-0.4, -0.2) is 69.6 Å². The Bertz CT molecular complexity index is 663. The molecule has 0 spiro atoms. The van der Waals surface area contributed by atoms with Crippen molar-refractivity contribution in [1.82, 2.24) is 9.80 Å². The number of nitrogens with zero attached hydrogens (tertiary/aromatic N) is 2. The van der Waals surface area contributed by atoms with Crippen LogP contribution in [0, 0.1) is 5.92 Å². The van der Waals surface area contributed by atoms with E-state index in [1.165, 1.54) is 0 Å². The molecule has 2 atom stereocenters. The van der Waals surface area contributed by atoms with Crippen molar-refractivity contribution in [2.45, 2.75) is 19.4 Å². The monoisotopic (exact) mass is 367 g/mol. The molecule has 0 saturated carbocycles. The Kier molecular flexibility index (Phi) is 5.93. The van der Waals surface area contributed by atoms with Crippen LogP contribution < -0.4 is 4.72 Å². The summed E-state index contributed by atoms with van der Waals surface area (Å²) in [6.45, 7) is 7.29. The van der Waals surface area contributed by atoms with E-state index in [1.54, 1.807) is 24.3 Å². The number of anilines is 1. The van der Waals surface area contributed by atoms with E-state index in [2.05, 4.69) is 16.5 Å². The lowest BCUT2D eigenvalue weighted by atomic mass is 10.1. The molecular formula is C17H25N3O4S. The molecule has 25 heavy (non-hydrogen) atoms. The van der Waals surface area contributed by atoms with Crippen molar-refractivity contribution in [2.75, 3.05) is 44.1 Å². The van der Waals surface area contributed by atoms with Crippen LogP contribution in [0.3, 0.4) is 0 Å². The number of rotatable bonds is 5. The van der Waals surface area contributed by atoms with E-state index in [4.69, 9.17) is 4.74 Å². The third kappa shape index (κ3) is 4.71. The minimum Gasteiger partial charge on any atom is -0.381 e. The predicted molar refractivity (Wildman–Crippen MR) is 96.2 cm³/mol. The number of hydrogen-bond acceptors (Lipinski definition) is 5. The maximum Gasteiger partial charge on any atom is 0.254 e. The molecule has 2 aliphatic rings. The highest BCUT2D eigenvalue weighted by Gasteiger charge is 2.29. The summed E-state index contributed by atoms with van der Waals surface area (Å²) in [7, 11) is -2.69. The van der Waals surface area contributed by atoms with Gasteiger partial charge in [-0.3, -0.25) is 14.4 Å². The average molecular weight is 367 g/mol. The highest BCUT2D eigenvalue weighted by atomic mass is 32.2. The number of benzene rings is 1. The Hall–Kier alpha value is -1.64. The smallest absolute Gasteiger partial charge is 0.254 e. The summed E-state index contributed by atoms with van der Waals surface area (Å²) in [4.78, 5) is 17.1. The molecule has 1 aromatic carbocycles. The van der Waals surface area contributed by atoms with E-state index >= 15 is 0 Å². The van der Waals surface area contributed by atoms with Crippen LogP contribution >= 0.6 is 0 Å². The Morgan fingerprint density at radius 2 is 2.04 bits per heavy atom. The first kappa shape index (κ1) is 18.2. The summed E-state index contributed by atoms with van der Waals surface area (Å²) >= 11 is 0. The van der Waals surface area contributed by atoms with E-state index in [0.29, 0.717) is 23.7 Å². The van der Waals surface area contributed by atoms with Gasteiger partial charge in [0.1, 0.15) is 0 Å². The zero-order chi connectivity index (χ0) is 17.8. The molecule has 2 aliphatic heterocycles. The second-order valence-electron chi connectivity index (χ2n) is 6.78. The van der Waals surface area contributed by atoms with Gasteiger partial charge in [-0.25, -0.2) is 8.42 Å². The third-order valence-electron chi connectivity index (χ3n) is 4.87. The van der Waals surface area contributed by atoms with E-state index in [0.717, 1.165) is 39.3 Å². The first-order valence-electron chi connectivity index (χ1n) is 8.65. The molecule has 7 nitrogen and oxygen atoms in total. The molecule has 1 aromatic rings. The standard InChI is InChI=1S/C17H25N3O4S/c1-13-10-19(11-14-6-9-24-12-14)7-8-20(13)17(21)15-2-4-16(5-3-15)18-25(22)23/h2-5,13-14,25H,6-12H2,1H3,(H,18,22,23)/t13-,14?/m0/s1. The number of amides is 1. The quantitative estimate of drug-likeness (QED) is 0.753. The summed E-state index contributed by atoms with van der Waals surface area (Å²) in [5, 5.41) is 0. The van der Waals surface area contributed by atoms with Gasteiger partial charge in [-0.1, -0.05) is 0 Å². The van der Waals surface area contributed by atoms with Crippen LogP contribution in [0.15, 0.2) is 24.3 Å². The second kappa shape index (κ2) is 8.16. The largest absolute Gasteiger partial charge is 0.381 e. The van der Waals surface area contributed by atoms with Gasteiger partial charge >= 0.3 is 0 Å². The number of hydrogen-bond donors (Lipinski definition) is 2. The summed E-state index contributed by atoms with van der Waals surface area (Å²) in [6.07, 6.45) is 1.13. The summed E-state index contributed by atoms with van der Waals surface area (Å²) in [5.41, 5.74) is 1.04. The lowest BCUT2D eigenvalue weighted by molar-refractivity contribution is 0.0452. The summed E-state index contributed by atoms with van der Waals surface area (Å²) in [5.74, 6) is 0.608. The van der Waals surface area contributed by atoms with Crippen LogP contribution in [0.1, 0.15) is 23.7 Å². The molecule has 2 heterocycles. The number of ether oxygens (including phenoxy) is 1. The fourth-order valence-electron chi connectivity index (χ4n) is 3.55. The van der Waals surface area contributed by atoms with Crippen LogP contribution in [0.25, 0.3) is 0 Å². The first-order chi connectivity index (χ1) is 12.0. The van der Waals surface area contributed by atoms with Gasteiger partial charge in [0.05, 0.1) is 6.61 Å². The molecule has 0 bridgehead atoms. The molecule has 2 saturated heterocycles. The average Bonchev–Trinajstić information content (AvgIpc) is 3.07. The fraction of sp³-hybridized carbons (Fsp3) is 0.588. The molecule has 3 rings (SSSR count). The van der Waals surface area contributed by atoms with Gasteiger partial charge in [-0.05, 0) is 43.5 Å². The van der Waals surface area contributed by atoms with Crippen molar-refractivity contribution >= 4 is 22.5 Å². The van der Waals surface area contributed by atoms with E-state index in [9.17, 15) is 13.2 Å². The van der Waals surface area contributed by atoms with Crippen molar-refractivity contribution in [3.8, 4) is 0 Å². The number of carbonyl (C=O) groups excluding carboxylic acids is 1. The van der Waals surface area contributed by atoms with Crippen LogP contribution in [-0.2, 0) is 15.6 Å². The topological polar surface area (TPSA) is 79.0 Å². The number of carbonyl (C=O) groups is 1. The summed E-state index contributed by atoms with van der Waals surface area (Å²) in [6, 6.07) is 6.70. The highest BCUT2D eigenvalue weighted by molar-refractivity contribution is 7.73. The van der Waals surface area contributed by atoms with Gasteiger partial charge in [-0.2, -0.15) is 0 Å². The van der Waals surface area contributed by atoms with Gasteiger partial charge in [0.15, 0.2) is 0 Å². The molecule has 0 aliphatic carbocycles. The lowest BCUT2D eigenvalue weighted by Gasteiger charge is -2.40. The number of nitrogens with one attached hydrogen (secondary N) is 1. The van der Waals surface area contributed by atoms with E-state index in [-0.39, 0.29) is 11.9 Å². The number of piperazine rings is 1. The van der Waals surface area contributed by atoms with Crippen molar-refractivity contribution < 1.29 is 17.9 Å². The lowest BCUT2D eigenvalue weighted by Crippen LogP contribution is -2.54. The van der Waals surface area contributed by atoms with Crippen molar-refractivity contribution in [2.24, 2.45) is 5.92 Å². The predicted octanol–water partition coefficient (Wildman–Crippen LogP) is 0.808. The maximum atomic E-state index is 12.7. The minimum absolute atomic E-state index is 0.00518. The van der Waals surface area contributed by atoms with Gasteiger partial charge in [-0.15, -0.1) is 0 Å². The molecule has 1 unspecified atom stereocenters. The van der Waals surface area contributed by atoms with E-state index in [1.807, 2.05) is 4.90 Å². The SMILES string of the molecule is C[C@H]1CN(CC2CCOC2)CCN1C(=O)c1ccc(N[SH](=O)=O)cc1. The normalized spacial score (nSPS) is 24.6. The zero-order valence-electron chi connectivity index (χ0n) is 14.4.